The van der Waals surface area contributed by atoms with Gasteiger partial charge in [0.05, 0.1) is 5.25 Å². The molecule has 0 radical (unpaired) electrons. The Kier molecular flexibility index (Phi) is 5.31. The number of hydrogen-bond acceptors (Lipinski definition) is 5. The van der Waals surface area contributed by atoms with Crippen molar-refractivity contribution >= 4 is 16.0 Å². The van der Waals surface area contributed by atoms with Crippen molar-refractivity contribution in [2.45, 2.75) is 30.6 Å². The lowest BCUT2D eigenvalue weighted by atomic mass is 10.2. The quantitative estimate of drug-likeness (QED) is 0.564. The van der Waals surface area contributed by atoms with Crippen LogP contribution in [0.4, 0.5) is 0 Å². The molecule has 1 rings (SSSR count). The van der Waals surface area contributed by atoms with E-state index in [1.807, 2.05) is 0 Å². The monoisotopic (exact) mass is 267 g/mol. The number of carboxylic acids is 1. The molecule has 1 fully saturated rings. The molecule has 0 unspecified atom stereocenters. The largest absolute Gasteiger partial charge is 0.480 e. The van der Waals surface area contributed by atoms with Crippen LogP contribution in [-0.4, -0.2) is 55.7 Å². The zero-order chi connectivity index (χ0) is 12.9. The van der Waals surface area contributed by atoms with E-state index in [-0.39, 0.29) is 13.0 Å². The number of ether oxygens (including phenoxy) is 1. The van der Waals surface area contributed by atoms with Gasteiger partial charge in [-0.3, -0.25) is 4.79 Å². The van der Waals surface area contributed by atoms with E-state index < -0.39 is 27.3 Å². The molecule has 1 atom stereocenters. The highest BCUT2D eigenvalue weighted by Crippen LogP contribution is 2.15. The summed E-state index contributed by atoms with van der Waals surface area (Å²) in [6.45, 7) is 0.347. The number of carbonyl (C=O) groups is 1. The summed E-state index contributed by atoms with van der Waals surface area (Å²) in [6, 6.07) is -1.27. The van der Waals surface area contributed by atoms with E-state index in [0.717, 1.165) is 0 Å². The molecule has 0 saturated carbocycles. The highest BCUT2D eigenvalue weighted by molar-refractivity contribution is 7.90. The van der Waals surface area contributed by atoms with Gasteiger partial charge in [-0.25, -0.2) is 13.1 Å². The summed E-state index contributed by atoms with van der Waals surface area (Å²) in [5.41, 5.74) is 0. The minimum atomic E-state index is -3.67. The van der Waals surface area contributed by atoms with Gasteiger partial charge in [0.25, 0.3) is 0 Å². The number of aliphatic hydroxyl groups is 1. The molecule has 0 amide bonds. The van der Waals surface area contributed by atoms with Crippen LogP contribution in [0.2, 0.25) is 0 Å². The van der Waals surface area contributed by atoms with Crippen LogP contribution in [0.1, 0.15) is 19.3 Å². The van der Waals surface area contributed by atoms with Gasteiger partial charge < -0.3 is 14.9 Å². The summed E-state index contributed by atoms with van der Waals surface area (Å²) >= 11 is 0. The zero-order valence-corrected chi connectivity index (χ0v) is 10.1. The second-order valence-electron chi connectivity index (χ2n) is 3.88. The van der Waals surface area contributed by atoms with Gasteiger partial charge in [-0.1, -0.05) is 0 Å². The molecule has 0 spiro atoms. The van der Waals surface area contributed by atoms with Crippen LogP contribution in [0.5, 0.6) is 0 Å². The van der Waals surface area contributed by atoms with Crippen LogP contribution < -0.4 is 4.72 Å². The van der Waals surface area contributed by atoms with Crippen LogP contribution in [0.25, 0.3) is 0 Å². The standard InChI is InChI=1S/C9H17NO6S/c11-4-1-8(9(12)13)10-17(14,15)7-2-5-16-6-3-7/h7-8,10-11H,1-6H2,(H,12,13)/t8-/m1/s1. The third-order valence-electron chi connectivity index (χ3n) is 2.63. The first kappa shape index (κ1) is 14.4. The molecule has 0 aliphatic carbocycles. The molecule has 0 bridgehead atoms. The SMILES string of the molecule is O=C(O)[C@@H](CCO)NS(=O)(=O)C1CCOCC1. The van der Waals surface area contributed by atoms with Crippen molar-refractivity contribution in [3.8, 4) is 0 Å². The van der Waals surface area contributed by atoms with E-state index in [1.165, 1.54) is 0 Å². The summed E-state index contributed by atoms with van der Waals surface area (Å²) in [6.07, 6.45) is 0.583. The number of aliphatic hydroxyl groups excluding tert-OH is 1. The molecule has 0 aromatic carbocycles. The Balaban J connectivity index is 2.65. The van der Waals surface area contributed by atoms with Crippen LogP contribution in [-0.2, 0) is 19.6 Å². The third-order valence-corrected chi connectivity index (χ3v) is 4.59. The fourth-order valence-electron chi connectivity index (χ4n) is 1.64. The van der Waals surface area contributed by atoms with Gasteiger partial charge in [-0.2, -0.15) is 0 Å². The molecule has 8 heteroatoms. The minimum Gasteiger partial charge on any atom is -0.480 e. The Hall–Kier alpha value is -0.700. The molecule has 1 saturated heterocycles. The van der Waals surface area contributed by atoms with E-state index in [1.54, 1.807) is 0 Å². The summed E-state index contributed by atoms with van der Waals surface area (Å²) in [5, 5.41) is 16.9. The summed E-state index contributed by atoms with van der Waals surface area (Å²) in [5.74, 6) is -1.28. The zero-order valence-electron chi connectivity index (χ0n) is 9.33. The molecule has 100 valence electrons. The summed E-state index contributed by atoms with van der Waals surface area (Å²) < 4.78 is 30.9. The summed E-state index contributed by atoms with van der Waals surface area (Å²) in [7, 11) is -3.67. The van der Waals surface area contributed by atoms with Crippen LogP contribution >= 0.6 is 0 Å². The van der Waals surface area contributed by atoms with E-state index in [4.69, 9.17) is 14.9 Å². The lowest BCUT2D eigenvalue weighted by molar-refractivity contribution is -0.139. The Bertz CT molecular complexity index is 348. The normalized spacial score (nSPS) is 20.1. The van der Waals surface area contributed by atoms with Crippen molar-refractivity contribution in [3.63, 3.8) is 0 Å². The third kappa shape index (κ3) is 4.23. The summed E-state index contributed by atoms with van der Waals surface area (Å²) in [4.78, 5) is 10.8. The molecule has 1 aliphatic heterocycles. The first-order chi connectivity index (χ1) is 7.97. The Morgan fingerprint density at radius 3 is 2.47 bits per heavy atom. The lowest BCUT2D eigenvalue weighted by Crippen LogP contribution is -2.46. The van der Waals surface area contributed by atoms with Gasteiger partial charge in [0.15, 0.2) is 0 Å². The average Bonchev–Trinajstić information content (AvgIpc) is 2.29. The molecular weight excluding hydrogens is 250 g/mol. The van der Waals surface area contributed by atoms with E-state index in [9.17, 15) is 13.2 Å². The first-order valence-corrected chi connectivity index (χ1v) is 6.94. The van der Waals surface area contributed by atoms with Crippen molar-refractivity contribution in [2.24, 2.45) is 0 Å². The van der Waals surface area contributed by atoms with E-state index in [2.05, 4.69) is 4.72 Å². The maximum absolute atomic E-state index is 11.9. The fraction of sp³-hybridized carbons (Fsp3) is 0.889. The average molecular weight is 267 g/mol. The predicted octanol–water partition coefficient (Wildman–Crippen LogP) is -1.08. The molecule has 17 heavy (non-hydrogen) atoms. The van der Waals surface area contributed by atoms with Crippen LogP contribution in [0.3, 0.4) is 0 Å². The second-order valence-corrected chi connectivity index (χ2v) is 5.87. The predicted molar refractivity (Wildman–Crippen MR) is 59.0 cm³/mol. The number of hydrogen-bond donors (Lipinski definition) is 3. The smallest absolute Gasteiger partial charge is 0.321 e. The van der Waals surface area contributed by atoms with Crippen LogP contribution in [0, 0.1) is 0 Å². The van der Waals surface area contributed by atoms with E-state index in [0.29, 0.717) is 26.1 Å². The Morgan fingerprint density at radius 2 is 2.00 bits per heavy atom. The topological polar surface area (TPSA) is 113 Å². The number of nitrogens with one attached hydrogen (secondary N) is 1. The molecule has 3 N–H and O–H groups in total. The van der Waals surface area contributed by atoms with Crippen LogP contribution in [0.15, 0.2) is 0 Å². The van der Waals surface area contributed by atoms with Gasteiger partial charge >= 0.3 is 5.97 Å². The molecule has 0 aromatic heterocycles. The highest BCUT2D eigenvalue weighted by Gasteiger charge is 2.31. The molecule has 7 nitrogen and oxygen atoms in total. The van der Waals surface area contributed by atoms with Crippen molar-refractivity contribution in [3.05, 3.63) is 0 Å². The second kappa shape index (κ2) is 6.29. The van der Waals surface area contributed by atoms with Gasteiger partial charge in [-0.05, 0) is 19.3 Å². The molecule has 0 aromatic rings. The van der Waals surface area contributed by atoms with Gasteiger partial charge in [0, 0.05) is 19.8 Å². The van der Waals surface area contributed by atoms with E-state index >= 15 is 0 Å². The van der Waals surface area contributed by atoms with Crippen molar-refractivity contribution in [1.29, 1.82) is 0 Å². The first-order valence-electron chi connectivity index (χ1n) is 5.40. The van der Waals surface area contributed by atoms with Crippen molar-refractivity contribution in [1.82, 2.24) is 4.72 Å². The highest BCUT2D eigenvalue weighted by atomic mass is 32.2. The van der Waals surface area contributed by atoms with Crippen molar-refractivity contribution < 1.29 is 28.2 Å². The molecule has 1 aliphatic rings. The van der Waals surface area contributed by atoms with Gasteiger partial charge in [-0.15, -0.1) is 0 Å². The fourth-order valence-corrected chi connectivity index (χ4v) is 3.26. The lowest BCUT2D eigenvalue weighted by Gasteiger charge is -2.24. The maximum Gasteiger partial charge on any atom is 0.321 e. The minimum absolute atomic E-state index is 0.141. The van der Waals surface area contributed by atoms with Gasteiger partial charge in [0.1, 0.15) is 6.04 Å². The molecular formula is C9H17NO6S. The number of carboxylic acid groups (broad SMARTS) is 1. The molecule has 1 heterocycles. The Labute approximate surface area is 99.8 Å². The number of aliphatic carboxylic acids is 1. The van der Waals surface area contributed by atoms with Gasteiger partial charge in [0.2, 0.25) is 10.0 Å². The number of sulfonamides is 1. The number of rotatable bonds is 6. The van der Waals surface area contributed by atoms with Crippen molar-refractivity contribution in [2.75, 3.05) is 19.8 Å². The maximum atomic E-state index is 11.9. The Morgan fingerprint density at radius 1 is 1.41 bits per heavy atom.